The zero-order valence-electron chi connectivity index (χ0n) is 9.80. The van der Waals surface area contributed by atoms with Gasteiger partial charge in [0.2, 0.25) is 0 Å². The molecule has 0 aromatic carbocycles. The second-order valence-corrected chi connectivity index (χ2v) is 4.38. The number of hydrogen-bond acceptors (Lipinski definition) is 3. The van der Waals surface area contributed by atoms with Crippen LogP contribution >= 0.6 is 0 Å². The van der Waals surface area contributed by atoms with Crippen molar-refractivity contribution >= 4 is 0 Å². The zero-order valence-corrected chi connectivity index (χ0v) is 9.80. The van der Waals surface area contributed by atoms with E-state index in [9.17, 15) is 4.79 Å². The number of nitrogens with zero attached hydrogens (tertiary/aromatic N) is 3. The van der Waals surface area contributed by atoms with E-state index in [1.807, 2.05) is 12.3 Å². The summed E-state index contributed by atoms with van der Waals surface area (Å²) in [6.45, 7) is 6.24. The second-order valence-electron chi connectivity index (χ2n) is 4.38. The van der Waals surface area contributed by atoms with Gasteiger partial charge in [0.25, 0.3) is 5.56 Å². The molecule has 88 valence electrons. The number of piperazine rings is 1. The number of likely N-dealkylation sites (N-methyl/N-ethyl adjacent to an activating group) is 1. The standard InChI is InChI=1S/C12H19N3O/c1-13-6-8-14(9-7-13)10-11-15-5-3-2-4-12(15)16/h2-5H,6-11H2,1H3. The van der Waals surface area contributed by atoms with E-state index in [0.717, 1.165) is 39.3 Å². The van der Waals surface area contributed by atoms with Gasteiger partial charge in [-0.3, -0.25) is 9.69 Å². The highest BCUT2D eigenvalue weighted by Crippen LogP contribution is 1.98. The van der Waals surface area contributed by atoms with Crippen LogP contribution in [0.2, 0.25) is 0 Å². The van der Waals surface area contributed by atoms with Crippen molar-refractivity contribution in [1.29, 1.82) is 0 Å². The lowest BCUT2D eigenvalue weighted by Crippen LogP contribution is -2.45. The molecule has 0 saturated carbocycles. The maximum Gasteiger partial charge on any atom is 0.250 e. The molecular formula is C12H19N3O. The molecule has 0 atom stereocenters. The fraction of sp³-hybridized carbons (Fsp3) is 0.583. The third-order valence-electron chi connectivity index (χ3n) is 3.15. The minimum atomic E-state index is 0.0941. The van der Waals surface area contributed by atoms with Crippen LogP contribution in [0.3, 0.4) is 0 Å². The van der Waals surface area contributed by atoms with Gasteiger partial charge < -0.3 is 9.47 Å². The minimum absolute atomic E-state index is 0.0941. The summed E-state index contributed by atoms with van der Waals surface area (Å²) in [5.41, 5.74) is 0.0941. The predicted octanol–water partition coefficient (Wildman–Crippen LogP) is 0.0957. The molecule has 0 unspecified atom stereocenters. The van der Waals surface area contributed by atoms with E-state index in [4.69, 9.17) is 0 Å². The molecule has 0 radical (unpaired) electrons. The van der Waals surface area contributed by atoms with Gasteiger partial charge in [-0.2, -0.15) is 0 Å². The summed E-state index contributed by atoms with van der Waals surface area (Å²) in [4.78, 5) is 16.2. The maximum atomic E-state index is 11.5. The summed E-state index contributed by atoms with van der Waals surface area (Å²) in [6, 6.07) is 5.31. The van der Waals surface area contributed by atoms with Crippen LogP contribution in [0.5, 0.6) is 0 Å². The highest BCUT2D eigenvalue weighted by atomic mass is 16.1. The maximum absolute atomic E-state index is 11.5. The molecule has 1 aliphatic rings. The van der Waals surface area contributed by atoms with Crippen molar-refractivity contribution in [3.63, 3.8) is 0 Å². The van der Waals surface area contributed by atoms with Crippen LogP contribution in [0.15, 0.2) is 29.2 Å². The van der Waals surface area contributed by atoms with Gasteiger partial charge in [-0.05, 0) is 13.1 Å². The quantitative estimate of drug-likeness (QED) is 0.724. The molecule has 2 heterocycles. The van der Waals surface area contributed by atoms with Crippen molar-refractivity contribution in [2.75, 3.05) is 39.8 Å². The van der Waals surface area contributed by atoms with Gasteiger partial charge in [-0.1, -0.05) is 6.07 Å². The molecule has 0 spiro atoms. The fourth-order valence-corrected chi connectivity index (χ4v) is 1.97. The Balaban J connectivity index is 1.84. The third kappa shape index (κ3) is 2.93. The lowest BCUT2D eigenvalue weighted by Gasteiger charge is -2.32. The van der Waals surface area contributed by atoms with Crippen molar-refractivity contribution in [2.24, 2.45) is 0 Å². The summed E-state index contributed by atoms with van der Waals surface area (Å²) in [5.74, 6) is 0. The monoisotopic (exact) mass is 221 g/mol. The first-order valence-corrected chi connectivity index (χ1v) is 5.82. The Bertz CT molecular complexity index is 380. The Kier molecular flexibility index (Phi) is 3.74. The molecule has 0 amide bonds. The van der Waals surface area contributed by atoms with Gasteiger partial charge >= 0.3 is 0 Å². The predicted molar refractivity (Wildman–Crippen MR) is 64.6 cm³/mol. The van der Waals surface area contributed by atoms with Crippen LogP contribution in [0.1, 0.15) is 0 Å². The van der Waals surface area contributed by atoms with E-state index in [0.29, 0.717) is 0 Å². The Morgan fingerprint density at radius 2 is 1.88 bits per heavy atom. The van der Waals surface area contributed by atoms with E-state index in [1.54, 1.807) is 16.7 Å². The van der Waals surface area contributed by atoms with Gasteiger partial charge in [0.05, 0.1) is 0 Å². The minimum Gasteiger partial charge on any atom is -0.314 e. The highest BCUT2D eigenvalue weighted by molar-refractivity contribution is 4.93. The average molecular weight is 221 g/mol. The molecule has 1 fully saturated rings. The first-order chi connectivity index (χ1) is 7.75. The van der Waals surface area contributed by atoms with E-state index < -0.39 is 0 Å². The van der Waals surface area contributed by atoms with Crippen molar-refractivity contribution in [1.82, 2.24) is 14.4 Å². The van der Waals surface area contributed by atoms with Crippen LogP contribution in [0, 0.1) is 0 Å². The molecule has 4 heteroatoms. The molecule has 0 N–H and O–H groups in total. The SMILES string of the molecule is CN1CCN(CCn2ccccc2=O)CC1. The van der Waals surface area contributed by atoms with Crippen LogP contribution in [-0.2, 0) is 6.54 Å². The summed E-state index contributed by atoms with van der Waals surface area (Å²) < 4.78 is 1.78. The Morgan fingerprint density at radius 1 is 1.12 bits per heavy atom. The lowest BCUT2D eigenvalue weighted by molar-refractivity contribution is 0.149. The van der Waals surface area contributed by atoms with Gasteiger partial charge in [-0.25, -0.2) is 0 Å². The topological polar surface area (TPSA) is 28.5 Å². The molecule has 2 rings (SSSR count). The summed E-state index contributed by atoms with van der Waals surface area (Å²) in [6.07, 6.45) is 1.86. The number of aromatic nitrogens is 1. The first-order valence-electron chi connectivity index (χ1n) is 5.82. The molecule has 16 heavy (non-hydrogen) atoms. The average Bonchev–Trinajstić information content (AvgIpc) is 2.30. The van der Waals surface area contributed by atoms with Gasteiger partial charge in [0.15, 0.2) is 0 Å². The largest absolute Gasteiger partial charge is 0.314 e. The van der Waals surface area contributed by atoms with Crippen LogP contribution in [-0.4, -0.2) is 54.1 Å². The van der Waals surface area contributed by atoms with Crippen molar-refractivity contribution in [3.05, 3.63) is 34.7 Å². The third-order valence-corrected chi connectivity index (χ3v) is 3.15. The Morgan fingerprint density at radius 3 is 2.56 bits per heavy atom. The molecule has 1 saturated heterocycles. The lowest BCUT2D eigenvalue weighted by atomic mass is 10.3. The fourth-order valence-electron chi connectivity index (χ4n) is 1.97. The van der Waals surface area contributed by atoms with E-state index in [-0.39, 0.29) is 5.56 Å². The first kappa shape index (κ1) is 11.4. The van der Waals surface area contributed by atoms with Crippen molar-refractivity contribution in [2.45, 2.75) is 6.54 Å². The molecule has 4 nitrogen and oxygen atoms in total. The number of rotatable bonds is 3. The van der Waals surface area contributed by atoms with Crippen LogP contribution in [0.25, 0.3) is 0 Å². The highest BCUT2D eigenvalue weighted by Gasteiger charge is 2.12. The molecular weight excluding hydrogens is 202 g/mol. The molecule has 1 aromatic rings. The zero-order chi connectivity index (χ0) is 11.4. The van der Waals surface area contributed by atoms with E-state index >= 15 is 0 Å². The number of pyridine rings is 1. The van der Waals surface area contributed by atoms with Gasteiger partial charge in [-0.15, -0.1) is 0 Å². The summed E-state index contributed by atoms with van der Waals surface area (Å²) >= 11 is 0. The Labute approximate surface area is 96.1 Å². The molecule has 0 bridgehead atoms. The summed E-state index contributed by atoms with van der Waals surface area (Å²) in [7, 11) is 2.15. The Hall–Kier alpha value is -1.13. The van der Waals surface area contributed by atoms with E-state index in [2.05, 4.69) is 16.8 Å². The molecule has 1 aromatic heterocycles. The van der Waals surface area contributed by atoms with Crippen molar-refractivity contribution < 1.29 is 0 Å². The van der Waals surface area contributed by atoms with E-state index in [1.165, 1.54) is 0 Å². The summed E-state index contributed by atoms with van der Waals surface area (Å²) in [5, 5.41) is 0. The normalized spacial score (nSPS) is 18.8. The molecule has 1 aliphatic heterocycles. The van der Waals surface area contributed by atoms with Crippen molar-refractivity contribution in [3.8, 4) is 0 Å². The second kappa shape index (κ2) is 5.27. The van der Waals surface area contributed by atoms with Gasteiger partial charge in [0, 0.05) is 51.5 Å². The smallest absolute Gasteiger partial charge is 0.250 e. The van der Waals surface area contributed by atoms with Crippen LogP contribution < -0.4 is 5.56 Å². The number of hydrogen-bond donors (Lipinski definition) is 0. The molecule has 0 aliphatic carbocycles. The van der Waals surface area contributed by atoms with Gasteiger partial charge in [0.1, 0.15) is 0 Å². The van der Waals surface area contributed by atoms with Crippen LogP contribution in [0.4, 0.5) is 0 Å².